The van der Waals surface area contributed by atoms with E-state index < -0.39 is 0 Å². The molecule has 32 heavy (non-hydrogen) atoms. The number of ether oxygens (including phenoxy) is 3. The fourth-order valence-electron chi connectivity index (χ4n) is 5.26. The van der Waals surface area contributed by atoms with E-state index in [4.69, 9.17) is 14.2 Å². The SMILES string of the molecule is COC(=O)[C@H]1C[C@]2(CCCO2)C[C@H]1NC(=O)c1ccc(C2=CCOc3ccccc32)cc1. The number of carbonyl (C=O) groups excluding carboxylic acids is 2. The summed E-state index contributed by atoms with van der Waals surface area (Å²) in [5.74, 6) is 0.00480. The lowest BCUT2D eigenvalue weighted by Crippen LogP contribution is -2.41. The third kappa shape index (κ3) is 3.79. The first-order valence-corrected chi connectivity index (χ1v) is 11.1. The van der Waals surface area contributed by atoms with E-state index in [-0.39, 0.29) is 29.4 Å². The van der Waals surface area contributed by atoms with Gasteiger partial charge >= 0.3 is 5.97 Å². The van der Waals surface area contributed by atoms with Crippen molar-refractivity contribution in [1.82, 2.24) is 5.32 Å². The van der Waals surface area contributed by atoms with Gasteiger partial charge in [-0.25, -0.2) is 0 Å². The Morgan fingerprint density at radius 3 is 2.66 bits per heavy atom. The number of hydrogen-bond acceptors (Lipinski definition) is 5. The van der Waals surface area contributed by atoms with Gasteiger partial charge in [-0.2, -0.15) is 0 Å². The Morgan fingerprint density at radius 1 is 1.09 bits per heavy atom. The lowest BCUT2D eigenvalue weighted by Gasteiger charge is -2.22. The van der Waals surface area contributed by atoms with Gasteiger partial charge in [-0.1, -0.05) is 30.3 Å². The molecule has 3 atom stereocenters. The van der Waals surface area contributed by atoms with Crippen LogP contribution in [-0.4, -0.2) is 43.8 Å². The van der Waals surface area contributed by atoms with Crippen molar-refractivity contribution in [3.05, 3.63) is 71.3 Å². The lowest BCUT2D eigenvalue weighted by molar-refractivity contribution is -0.146. The van der Waals surface area contributed by atoms with Gasteiger partial charge in [-0.3, -0.25) is 9.59 Å². The highest BCUT2D eigenvalue weighted by atomic mass is 16.5. The third-order valence-corrected chi connectivity index (χ3v) is 6.84. The molecule has 2 heterocycles. The van der Waals surface area contributed by atoms with E-state index in [0.29, 0.717) is 31.6 Å². The zero-order chi connectivity index (χ0) is 22.1. The van der Waals surface area contributed by atoms with Crippen LogP contribution >= 0.6 is 0 Å². The minimum atomic E-state index is -0.384. The van der Waals surface area contributed by atoms with Gasteiger partial charge in [-0.15, -0.1) is 0 Å². The molecule has 3 aliphatic rings. The fourth-order valence-corrected chi connectivity index (χ4v) is 5.26. The highest BCUT2D eigenvalue weighted by molar-refractivity contribution is 5.95. The van der Waals surface area contributed by atoms with Crippen molar-refractivity contribution in [1.29, 1.82) is 0 Å². The summed E-state index contributed by atoms with van der Waals surface area (Å²) < 4.78 is 16.7. The predicted octanol–water partition coefficient (Wildman–Crippen LogP) is 3.74. The second-order valence-electron chi connectivity index (χ2n) is 8.76. The van der Waals surface area contributed by atoms with Gasteiger partial charge in [-0.05, 0) is 61.1 Å². The van der Waals surface area contributed by atoms with Crippen LogP contribution in [0.3, 0.4) is 0 Å². The molecule has 1 aliphatic carbocycles. The van der Waals surface area contributed by atoms with Gasteiger partial charge in [0, 0.05) is 23.8 Å². The molecule has 1 saturated heterocycles. The van der Waals surface area contributed by atoms with Crippen molar-refractivity contribution in [3.63, 3.8) is 0 Å². The first-order valence-electron chi connectivity index (χ1n) is 11.1. The van der Waals surface area contributed by atoms with Crippen LogP contribution in [0.5, 0.6) is 5.75 Å². The van der Waals surface area contributed by atoms with Crippen molar-refractivity contribution in [2.75, 3.05) is 20.3 Å². The van der Waals surface area contributed by atoms with Gasteiger partial charge in [0.1, 0.15) is 12.4 Å². The molecule has 2 aromatic carbocycles. The summed E-state index contributed by atoms with van der Waals surface area (Å²) in [7, 11) is 1.39. The van der Waals surface area contributed by atoms with E-state index in [1.807, 2.05) is 48.5 Å². The average molecular weight is 434 g/mol. The normalized spacial score (nSPS) is 26.2. The summed E-state index contributed by atoms with van der Waals surface area (Å²) in [6.45, 7) is 1.23. The van der Waals surface area contributed by atoms with Crippen LogP contribution in [-0.2, 0) is 14.3 Å². The van der Waals surface area contributed by atoms with E-state index in [0.717, 1.165) is 35.3 Å². The highest BCUT2D eigenvalue weighted by Crippen LogP contribution is 2.44. The molecule has 6 heteroatoms. The Morgan fingerprint density at radius 2 is 1.91 bits per heavy atom. The highest BCUT2D eigenvalue weighted by Gasteiger charge is 2.51. The maximum absolute atomic E-state index is 13.0. The fraction of sp³-hybridized carbons (Fsp3) is 0.385. The number of rotatable bonds is 4. The van der Waals surface area contributed by atoms with Crippen LogP contribution in [0.15, 0.2) is 54.6 Å². The molecule has 0 bridgehead atoms. The number of hydrogen-bond donors (Lipinski definition) is 1. The maximum Gasteiger partial charge on any atom is 0.310 e. The van der Waals surface area contributed by atoms with Crippen LogP contribution in [0.4, 0.5) is 0 Å². The number of nitrogens with one attached hydrogen (secondary N) is 1. The van der Waals surface area contributed by atoms with Crippen LogP contribution in [0.1, 0.15) is 47.2 Å². The Labute approximate surface area is 187 Å². The van der Waals surface area contributed by atoms with Crippen LogP contribution in [0, 0.1) is 5.92 Å². The van der Waals surface area contributed by atoms with Gasteiger partial charge in [0.2, 0.25) is 0 Å². The van der Waals surface area contributed by atoms with E-state index in [1.54, 1.807) is 0 Å². The van der Waals surface area contributed by atoms with Crippen molar-refractivity contribution < 1.29 is 23.8 Å². The van der Waals surface area contributed by atoms with E-state index in [1.165, 1.54) is 7.11 Å². The van der Waals surface area contributed by atoms with Crippen LogP contribution in [0.25, 0.3) is 5.57 Å². The second-order valence-corrected chi connectivity index (χ2v) is 8.76. The minimum Gasteiger partial charge on any atom is -0.489 e. The van der Waals surface area contributed by atoms with Crippen molar-refractivity contribution in [3.8, 4) is 5.75 Å². The summed E-state index contributed by atoms with van der Waals surface area (Å²) in [6.07, 6.45) is 5.19. The van der Waals surface area contributed by atoms with Gasteiger partial charge in [0.15, 0.2) is 0 Å². The molecule has 0 unspecified atom stereocenters. The number of amides is 1. The van der Waals surface area contributed by atoms with Crippen LogP contribution in [0.2, 0.25) is 0 Å². The first-order chi connectivity index (χ1) is 15.6. The molecular formula is C26H27NO5. The van der Waals surface area contributed by atoms with Crippen LogP contribution < -0.4 is 10.1 Å². The predicted molar refractivity (Wildman–Crippen MR) is 119 cm³/mol. The number of para-hydroxylation sites is 1. The average Bonchev–Trinajstić information content (AvgIpc) is 3.44. The quantitative estimate of drug-likeness (QED) is 0.744. The summed E-state index contributed by atoms with van der Waals surface area (Å²) in [4.78, 5) is 25.4. The number of fused-ring (bicyclic) bond motifs is 1. The Kier molecular flexibility index (Phi) is 5.47. The molecule has 1 N–H and O–H groups in total. The molecule has 2 aromatic rings. The Bertz CT molecular complexity index is 1050. The van der Waals surface area contributed by atoms with E-state index >= 15 is 0 Å². The van der Waals surface area contributed by atoms with Gasteiger partial charge < -0.3 is 19.5 Å². The summed E-state index contributed by atoms with van der Waals surface area (Å²) >= 11 is 0. The summed E-state index contributed by atoms with van der Waals surface area (Å²) in [5.41, 5.74) is 3.42. The van der Waals surface area contributed by atoms with Gasteiger partial charge in [0.25, 0.3) is 5.91 Å². The number of esters is 1. The molecule has 6 nitrogen and oxygen atoms in total. The lowest BCUT2D eigenvalue weighted by atomic mass is 9.94. The topological polar surface area (TPSA) is 73.9 Å². The monoisotopic (exact) mass is 433 g/mol. The van der Waals surface area contributed by atoms with Crippen molar-refractivity contribution in [2.24, 2.45) is 5.92 Å². The molecule has 1 amide bonds. The number of carbonyl (C=O) groups is 2. The smallest absolute Gasteiger partial charge is 0.310 e. The molecule has 2 fully saturated rings. The molecule has 5 rings (SSSR count). The molecule has 1 saturated carbocycles. The molecule has 0 aromatic heterocycles. The largest absolute Gasteiger partial charge is 0.489 e. The van der Waals surface area contributed by atoms with E-state index in [2.05, 4.69) is 11.4 Å². The summed E-state index contributed by atoms with van der Waals surface area (Å²) in [5, 5.41) is 3.07. The number of benzene rings is 2. The third-order valence-electron chi connectivity index (χ3n) is 6.84. The van der Waals surface area contributed by atoms with Crippen molar-refractivity contribution in [2.45, 2.75) is 37.3 Å². The standard InChI is InChI=1S/C26H27NO5/c1-30-25(29)21-15-26(12-4-13-32-26)16-22(21)27-24(28)18-9-7-17(8-10-18)19-11-14-31-23-6-3-2-5-20(19)23/h2-3,5-11,21-22H,4,12-16H2,1H3,(H,27,28)/t21-,22+,26+/m0/s1. The Balaban J connectivity index is 1.32. The zero-order valence-electron chi connectivity index (χ0n) is 18.1. The number of methoxy groups -OCH3 is 1. The minimum absolute atomic E-state index is 0.188. The molecular weight excluding hydrogens is 406 g/mol. The molecule has 166 valence electrons. The Hall–Kier alpha value is -3.12. The molecule has 2 aliphatic heterocycles. The first kappa shape index (κ1) is 20.8. The van der Waals surface area contributed by atoms with Crippen molar-refractivity contribution >= 4 is 17.4 Å². The maximum atomic E-state index is 13.0. The summed E-state index contributed by atoms with van der Waals surface area (Å²) in [6, 6.07) is 15.2. The zero-order valence-corrected chi connectivity index (χ0v) is 18.1. The molecule has 0 radical (unpaired) electrons. The van der Waals surface area contributed by atoms with E-state index in [9.17, 15) is 9.59 Å². The second kappa shape index (κ2) is 8.43. The molecule has 1 spiro atoms. The van der Waals surface area contributed by atoms with Gasteiger partial charge in [0.05, 0.1) is 18.6 Å².